The summed E-state index contributed by atoms with van der Waals surface area (Å²) in [5.74, 6) is 1.44. The van der Waals surface area contributed by atoms with Crippen molar-refractivity contribution in [3.8, 4) is 22.6 Å². The molecule has 0 atom stereocenters. The number of hydrogen-bond donors (Lipinski definition) is 0. The van der Waals surface area contributed by atoms with Gasteiger partial charge in [-0.15, -0.1) is 0 Å². The summed E-state index contributed by atoms with van der Waals surface area (Å²) in [5, 5.41) is 5.59. The van der Waals surface area contributed by atoms with E-state index in [1.807, 2.05) is 53.5 Å². The molecule has 0 saturated heterocycles. The first-order valence-corrected chi connectivity index (χ1v) is 8.71. The summed E-state index contributed by atoms with van der Waals surface area (Å²) in [6.07, 6.45) is 5.91. The van der Waals surface area contributed by atoms with Crippen LogP contribution in [0.25, 0.3) is 34.3 Å². The number of nitrogens with zero attached hydrogens (tertiary/aromatic N) is 2. The highest BCUT2D eigenvalue weighted by Crippen LogP contribution is 2.33. The van der Waals surface area contributed by atoms with Crippen LogP contribution in [-0.4, -0.2) is 24.0 Å². The first-order chi connectivity index (χ1) is 13.3. The van der Waals surface area contributed by atoms with Crippen LogP contribution in [0.4, 0.5) is 0 Å². The number of ether oxygens (including phenoxy) is 2. The Labute approximate surface area is 158 Å². The Morgan fingerprint density at radius 1 is 0.815 bits per heavy atom. The minimum atomic E-state index is 0.715. The van der Waals surface area contributed by atoms with E-state index in [0.29, 0.717) is 5.75 Å². The molecule has 27 heavy (non-hydrogen) atoms. The summed E-state index contributed by atoms with van der Waals surface area (Å²) in [6, 6.07) is 22.4. The van der Waals surface area contributed by atoms with Crippen LogP contribution in [-0.2, 0) is 0 Å². The quantitative estimate of drug-likeness (QED) is 0.484. The minimum Gasteiger partial charge on any atom is -0.493 e. The molecule has 134 valence electrons. The third-order valence-corrected chi connectivity index (χ3v) is 4.52. The molecular weight excluding hydrogens is 336 g/mol. The topological polar surface area (TPSA) is 36.3 Å². The lowest BCUT2D eigenvalue weighted by molar-refractivity contribution is 0.355. The largest absolute Gasteiger partial charge is 0.493 e. The Morgan fingerprint density at radius 2 is 1.56 bits per heavy atom. The van der Waals surface area contributed by atoms with Crippen LogP contribution in [0, 0.1) is 0 Å². The molecule has 4 aromatic rings. The van der Waals surface area contributed by atoms with Gasteiger partial charge in [0.15, 0.2) is 11.5 Å². The van der Waals surface area contributed by atoms with E-state index in [4.69, 9.17) is 9.47 Å². The molecule has 4 rings (SSSR count). The number of aromatic nitrogens is 2. The standard InChI is InChI=1S/C23H20N2O2/c1-26-22-11-10-19(15-23(22)27-2)18-8-9-20-16-24-25(21(20)14-18)13-12-17-6-4-3-5-7-17/h3-16H,1-2H3. The van der Waals surface area contributed by atoms with Crippen molar-refractivity contribution < 1.29 is 9.47 Å². The summed E-state index contributed by atoms with van der Waals surface area (Å²) < 4.78 is 12.7. The molecule has 3 aromatic carbocycles. The van der Waals surface area contributed by atoms with Gasteiger partial charge in [-0.05, 0) is 41.0 Å². The summed E-state index contributed by atoms with van der Waals surface area (Å²) >= 11 is 0. The van der Waals surface area contributed by atoms with Crippen molar-refractivity contribution in [2.45, 2.75) is 0 Å². The van der Waals surface area contributed by atoms with Gasteiger partial charge in [0.1, 0.15) is 0 Å². The minimum absolute atomic E-state index is 0.715. The molecule has 4 nitrogen and oxygen atoms in total. The highest BCUT2D eigenvalue weighted by Gasteiger charge is 2.08. The van der Waals surface area contributed by atoms with Gasteiger partial charge in [0, 0.05) is 11.6 Å². The van der Waals surface area contributed by atoms with Crippen molar-refractivity contribution in [2.24, 2.45) is 0 Å². The van der Waals surface area contributed by atoms with E-state index in [1.165, 1.54) is 0 Å². The lowest BCUT2D eigenvalue weighted by Gasteiger charge is -2.10. The summed E-state index contributed by atoms with van der Waals surface area (Å²) in [6.45, 7) is 0. The molecule has 0 unspecified atom stereocenters. The maximum Gasteiger partial charge on any atom is 0.161 e. The monoisotopic (exact) mass is 356 g/mol. The number of rotatable bonds is 5. The molecule has 0 aliphatic rings. The fraction of sp³-hybridized carbons (Fsp3) is 0.0870. The fourth-order valence-corrected chi connectivity index (χ4v) is 3.07. The van der Waals surface area contributed by atoms with Crippen molar-refractivity contribution in [1.82, 2.24) is 9.78 Å². The van der Waals surface area contributed by atoms with Gasteiger partial charge >= 0.3 is 0 Å². The molecule has 0 spiro atoms. The van der Waals surface area contributed by atoms with Crippen LogP contribution in [0.1, 0.15) is 5.56 Å². The number of fused-ring (bicyclic) bond motifs is 1. The van der Waals surface area contributed by atoms with Gasteiger partial charge in [-0.1, -0.05) is 48.5 Å². The predicted molar refractivity (Wildman–Crippen MR) is 110 cm³/mol. The average molecular weight is 356 g/mol. The SMILES string of the molecule is COc1ccc(-c2ccc3cnn(C=Cc4ccccc4)c3c2)cc1OC. The molecule has 0 aliphatic heterocycles. The summed E-state index contributed by atoms with van der Waals surface area (Å²) in [5.41, 5.74) is 4.35. The molecule has 0 saturated carbocycles. The normalized spacial score (nSPS) is 11.2. The van der Waals surface area contributed by atoms with Gasteiger partial charge in [0.25, 0.3) is 0 Å². The molecule has 0 fully saturated rings. The smallest absolute Gasteiger partial charge is 0.161 e. The van der Waals surface area contributed by atoms with Gasteiger partial charge in [-0.25, -0.2) is 4.68 Å². The van der Waals surface area contributed by atoms with Crippen molar-refractivity contribution in [1.29, 1.82) is 0 Å². The van der Waals surface area contributed by atoms with E-state index in [-0.39, 0.29) is 0 Å². The van der Waals surface area contributed by atoms with E-state index in [1.54, 1.807) is 14.2 Å². The van der Waals surface area contributed by atoms with Crippen molar-refractivity contribution >= 4 is 23.2 Å². The molecule has 0 bridgehead atoms. The number of benzene rings is 3. The van der Waals surface area contributed by atoms with Crippen LogP contribution < -0.4 is 9.47 Å². The molecule has 1 aromatic heterocycles. The zero-order chi connectivity index (χ0) is 18.6. The molecule has 0 radical (unpaired) electrons. The second-order valence-electron chi connectivity index (χ2n) is 6.16. The van der Waals surface area contributed by atoms with Crippen LogP contribution in [0.3, 0.4) is 0 Å². The maximum atomic E-state index is 5.43. The predicted octanol–water partition coefficient (Wildman–Crippen LogP) is 5.35. The van der Waals surface area contributed by atoms with Crippen LogP contribution in [0.5, 0.6) is 11.5 Å². The maximum absolute atomic E-state index is 5.43. The van der Waals surface area contributed by atoms with Crippen LogP contribution in [0.2, 0.25) is 0 Å². The molecule has 0 amide bonds. The Kier molecular flexibility index (Phi) is 4.62. The molecule has 0 N–H and O–H groups in total. The average Bonchev–Trinajstić information content (AvgIpc) is 3.14. The lowest BCUT2D eigenvalue weighted by atomic mass is 10.0. The Bertz CT molecular complexity index is 1100. The van der Waals surface area contributed by atoms with Crippen molar-refractivity contribution in [3.63, 3.8) is 0 Å². The van der Waals surface area contributed by atoms with Gasteiger partial charge in [-0.3, -0.25) is 0 Å². The number of hydrogen-bond acceptors (Lipinski definition) is 3. The summed E-state index contributed by atoms with van der Waals surface area (Å²) in [4.78, 5) is 0. The summed E-state index contributed by atoms with van der Waals surface area (Å²) in [7, 11) is 3.29. The zero-order valence-corrected chi connectivity index (χ0v) is 15.3. The van der Waals surface area contributed by atoms with E-state index < -0.39 is 0 Å². The van der Waals surface area contributed by atoms with Crippen molar-refractivity contribution in [3.05, 3.63) is 78.5 Å². The number of methoxy groups -OCH3 is 2. The third kappa shape index (κ3) is 3.42. The highest BCUT2D eigenvalue weighted by atomic mass is 16.5. The van der Waals surface area contributed by atoms with Crippen LogP contribution in [0.15, 0.2) is 72.9 Å². The third-order valence-electron chi connectivity index (χ3n) is 4.52. The second-order valence-corrected chi connectivity index (χ2v) is 6.16. The van der Waals surface area contributed by atoms with Crippen LogP contribution >= 0.6 is 0 Å². The Morgan fingerprint density at radius 3 is 2.33 bits per heavy atom. The molecular formula is C23H20N2O2. The molecule has 4 heteroatoms. The van der Waals surface area contributed by atoms with Gasteiger partial charge in [0.05, 0.1) is 25.9 Å². The van der Waals surface area contributed by atoms with E-state index in [9.17, 15) is 0 Å². The first kappa shape index (κ1) is 16.9. The Hall–Kier alpha value is -3.53. The van der Waals surface area contributed by atoms with E-state index in [2.05, 4.69) is 41.5 Å². The molecule has 1 heterocycles. The van der Waals surface area contributed by atoms with E-state index in [0.717, 1.165) is 33.3 Å². The first-order valence-electron chi connectivity index (χ1n) is 8.71. The van der Waals surface area contributed by atoms with E-state index >= 15 is 0 Å². The lowest BCUT2D eigenvalue weighted by Crippen LogP contribution is -1.91. The second kappa shape index (κ2) is 7.38. The molecule has 0 aliphatic carbocycles. The van der Waals surface area contributed by atoms with Gasteiger partial charge < -0.3 is 9.47 Å². The highest BCUT2D eigenvalue weighted by molar-refractivity contribution is 5.86. The van der Waals surface area contributed by atoms with Crippen molar-refractivity contribution in [2.75, 3.05) is 14.2 Å². The fourth-order valence-electron chi connectivity index (χ4n) is 3.07. The Balaban J connectivity index is 1.73. The zero-order valence-electron chi connectivity index (χ0n) is 15.3. The van der Waals surface area contributed by atoms with Gasteiger partial charge in [-0.2, -0.15) is 5.10 Å². The van der Waals surface area contributed by atoms with Gasteiger partial charge in [0.2, 0.25) is 0 Å².